The molecule has 1 N–H and O–H groups in total. The van der Waals surface area contributed by atoms with Crippen molar-refractivity contribution in [3.05, 3.63) is 64.6 Å². The molecule has 3 aromatic rings. The highest BCUT2D eigenvalue weighted by Crippen LogP contribution is 2.22. The third-order valence-electron chi connectivity index (χ3n) is 4.92. The van der Waals surface area contributed by atoms with Crippen LogP contribution in [0.25, 0.3) is 10.9 Å². The lowest BCUT2D eigenvalue weighted by Crippen LogP contribution is -2.35. The summed E-state index contributed by atoms with van der Waals surface area (Å²) in [6.07, 6.45) is 1.73. The summed E-state index contributed by atoms with van der Waals surface area (Å²) < 4.78 is 5.28. The number of fused-ring (bicyclic) bond motifs is 1. The van der Waals surface area contributed by atoms with Gasteiger partial charge in [0.2, 0.25) is 11.8 Å². The molecule has 1 aliphatic rings. The first-order chi connectivity index (χ1) is 13.5. The molecule has 1 atom stereocenters. The lowest BCUT2D eigenvalue weighted by atomic mass is 10.1. The maximum absolute atomic E-state index is 12.8. The van der Waals surface area contributed by atoms with Crippen LogP contribution in [-0.2, 0) is 22.7 Å². The number of furan rings is 1. The summed E-state index contributed by atoms with van der Waals surface area (Å²) in [5.41, 5.74) is 0.352. The predicted octanol–water partition coefficient (Wildman–Crippen LogP) is 1.52. The Bertz CT molecular complexity index is 1070. The Labute approximate surface area is 160 Å². The van der Waals surface area contributed by atoms with Crippen LogP contribution in [0.3, 0.4) is 0 Å². The smallest absolute Gasteiger partial charge is 0.258 e. The van der Waals surface area contributed by atoms with E-state index in [9.17, 15) is 14.4 Å². The third kappa shape index (κ3) is 3.53. The summed E-state index contributed by atoms with van der Waals surface area (Å²) in [7, 11) is 1.65. The molecule has 8 heteroatoms. The van der Waals surface area contributed by atoms with Crippen molar-refractivity contribution in [3.8, 4) is 0 Å². The number of hydrogen-bond donors (Lipinski definition) is 1. The Morgan fingerprint density at radius 2 is 2.11 bits per heavy atom. The topological polar surface area (TPSA) is 99.5 Å². The normalized spacial score (nSPS) is 16.7. The molecule has 3 heterocycles. The molecule has 1 fully saturated rings. The minimum Gasteiger partial charge on any atom is -0.467 e. The lowest BCUT2D eigenvalue weighted by molar-refractivity contribution is -0.135. The minimum atomic E-state index is -0.417. The molecule has 1 aromatic carbocycles. The van der Waals surface area contributed by atoms with Gasteiger partial charge in [-0.3, -0.25) is 14.4 Å². The molecule has 28 heavy (non-hydrogen) atoms. The molecule has 4 rings (SSSR count). The number of amides is 2. The number of rotatable bonds is 5. The number of hydrogen-bond acceptors (Lipinski definition) is 5. The van der Waals surface area contributed by atoms with Gasteiger partial charge in [-0.25, -0.2) is 4.98 Å². The van der Waals surface area contributed by atoms with Gasteiger partial charge in [-0.05, 0) is 24.3 Å². The maximum Gasteiger partial charge on any atom is 0.258 e. The van der Waals surface area contributed by atoms with Crippen LogP contribution in [0, 0.1) is 5.92 Å². The number of carbonyl (C=O) groups is 2. The quantitative estimate of drug-likeness (QED) is 0.724. The molecule has 1 saturated heterocycles. The molecule has 0 spiro atoms. The summed E-state index contributed by atoms with van der Waals surface area (Å²) in [6, 6.07) is 10.6. The van der Waals surface area contributed by atoms with Gasteiger partial charge in [0.15, 0.2) is 0 Å². The van der Waals surface area contributed by atoms with Gasteiger partial charge < -0.3 is 19.2 Å². The van der Waals surface area contributed by atoms with E-state index < -0.39 is 5.92 Å². The number of aromatic amines is 1. The van der Waals surface area contributed by atoms with Crippen LogP contribution in [0.4, 0.5) is 0 Å². The van der Waals surface area contributed by atoms with Crippen LogP contribution in [0.15, 0.2) is 51.9 Å². The molecule has 0 aliphatic carbocycles. The monoisotopic (exact) mass is 380 g/mol. The van der Waals surface area contributed by atoms with Crippen molar-refractivity contribution in [2.24, 2.45) is 5.92 Å². The second-order valence-electron chi connectivity index (χ2n) is 6.98. The van der Waals surface area contributed by atoms with Crippen LogP contribution in [0.2, 0.25) is 0 Å². The highest BCUT2D eigenvalue weighted by molar-refractivity contribution is 5.89. The molecular weight excluding hydrogens is 360 g/mol. The maximum atomic E-state index is 12.8. The SMILES string of the molecule is CN(Cc1nc2ccccc2c(=O)[nH]1)C(=O)[C@@H]1CC(=O)N(Cc2ccco2)C1. The van der Waals surface area contributed by atoms with Crippen molar-refractivity contribution in [2.75, 3.05) is 13.6 Å². The first-order valence-electron chi connectivity index (χ1n) is 9.04. The molecule has 0 saturated carbocycles. The highest BCUT2D eigenvalue weighted by Gasteiger charge is 2.36. The van der Waals surface area contributed by atoms with Crippen LogP contribution < -0.4 is 5.56 Å². The predicted molar refractivity (Wildman–Crippen MR) is 101 cm³/mol. The van der Waals surface area contributed by atoms with Gasteiger partial charge in [-0.15, -0.1) is 0 Å². The van der Waals surface area contributed by atoms with Crippen molar-refractivity contribution < 1.29 is 14.0 Å². The first-order valence-corrected chi connectivity index (χ1v) is 9.04. The van der Waals surface area contributed by atoms with E-state index >= 15 is 0 Å². The molecule has 8 nitrogen and oxygen atoms in total. The first kappa shape index (κ1) is 18.0. The molecule has 144 valence electrons. The van der Waals surface area contributed by atoms with Gasteiger partial charge in [0, 0.05) is 20.0 Å². The van der Waals surface area contributed by atoms with E-state index in [2.05, 4.69) is 9.97 Å². The molecule has 2 aromatic heterocycles. The van der Waals surface area contributed by atoms with E-state index in [0.717, 1.165) is 0 Å². The van der Waals surface area contributed by atoms with E-state index in [1.54, 1.807) is 48.5 Å². The zero-order valence-electron chi connectivity index (χ0n) is 15.4. The van der Waals surface area contributed by atoms with Crippen molar-refractivity contribution in [2.45, 2.75) is 19.5 Å². The number of likely N-dealkylation sites (tertiary alicyclic amines) is 1. The number of benzene rings is 1. The van der Waals surface area contributed by atoms with Crippen LogP contribution >= 0.6 is 0 Å². The number of nitrogens with one attached hydrogen (secondary N) is 1. The van der Waals surface area contributed by atoms with Gasteiger partial charge in [-0.1, -0.05) is 12.1 Å². The van der Waals surface area contributed by atoms with Gasteiger partial charge in [0.1, 0.15) is 11.6 Å². The fourth-order valence-electron chi connectivity index (χ4n) is 3.51. The second-order valence-corrected chi connectivity index (χ2v) is 6.98. The van der Waals surface area contributed by atoms with Crippen molar-refractivity contribution in [1.82, 2.24) is 19.8 Å². The third-order valence-corrected chi connectivity index (χ3v) is 4.92. The number of nitrogens with zero attached hydrogens (tertiary/aromatic N) is 3. The summed E-state index contributed by atoms with van der Waals surface area (Å²) in [4.78, 5) is 47.5. The van der Waals surface area contributed by atoms with Gasteiger partial charge in [0.25, 0.3) is 5.56 Å². The van der Waals surface area contributed by atoms with Gasteiger partial charge in [-0.2, -0.15) is 0 Å². The van der Waals surface area contributed by atoms with E-state index in [-0.39, 0.29) is 30.3 Å². The van der Waals surface area contributed by atoms with E-state index in [1.807, 2.05) is 6.07 Å². The van der Waals surface area contributed by atoms with Crippen LogP contribution in [0.1, 0.15) is 18.0 Å². The molecule has 2 amide bonds. The molecular formula is C20H20N4O4. The molecule has 1 aliphatic heterocycles. The molecule has 0 radical (unpaired) electrons. The number of H-pyrrole nitrogens is 1. The van der Waals surface area contributed by atoms with Crippen LogP contribution in [-0.4, -0.2) is 45.2 Å². The number of carbonyl (C=O) groups excluding carboxylic acids is 2. The second kappa shape index (κ2) is 7.30. The molecule has 0 unspecified atom stereocenters. The van der Waals surface area contributed by atoms with Gasteiger partial charge >= 0.3 is 0 Å². The number of para-hydroxylation sites is 1. The van der Waals surface area contributed by atoms with Crippen molar-refractivity contribution >= 4 is 22.7 Å². The van der Waals surface area contributed by atoms with E-state index in [4.69, 9.17) is 4.42 Å². The Hall–Kier alpha value is -3.42. The fraction of sp³-hybridized carbons (Fsp3) is 0.300. The minimum absolute atomic E-state index is 0.0691. The Morgan fingerprint density at radius 1 is 1.29 bits per heavy atom. The zero-order valence-corrected chi connectivity index (χ0v) is 15.4. The van der Waals surface area contributed by atoms with E-state index in [1.165, 1.54) is 4.90 Å². The summed E-state index contributed by atoms with van der Waals surface area (Å²) in [5, 5.41) is 0.509. The van der Waals surface area contributed by atoms with E-state index in [0.29, 0.717) is 35.6 Å². The average molecular weight is 380 g/mol. The van der Waals surface area contributed by atoms with Gasteiger partial charge in [0.05, 0.1) is 36.2 Å². The Kier molecular flexibility index (Phi) is 4.68. The number of aromatic nitrogens is 2. The van der Waals surface area contributed by atoms with Crippen molar-refractivity contribution in [1.29, 1.82) is 0 Å². The summed E-state index contributed by atoms with van der Waals surface area (Å²) in [5.74, 6) is 0.468. The largest absolute Gasteiger partial charge is 0.467 e. The summed E-state index contributed by atoms with van der Waals surface area (Å²) in [6.45, 7) is 0.880. The highest BCUT2D eigenvalue weighted by atomic mass is 16.3. The standard InChI is InChI=1S/C20H20N4O4/c1-23(12-17-21-16-7-3-2-6-15(16)19(26)22-17)20(27)13-9-18(25)24(10-13)11-14-5-4-8-28-14/h2-8,13H,9-12H2,1H3,(H,21,22,26)/t13-/m1/s1. The zero-order chi connectivity index (χ0) is 19.7. The summed E-state index contributed by atoms with van der Waals surface area (Å²) >= 11 is 0. The van der Waals surface area contributed by atoms with Crippen LogP contribution in [0.5, 0.6) is 0 Å². The fourth-order valence-corrected chi connectivity index (χ4v) is 3.51. The average Bonchev–Trinajstić information content (AvgIpc) is 3.31. The van der Waals surface area contributed by atoms with Crippen molar-refractivity contribution in [3.63, 3.8) is 0 Å². The Balaban J connectivity index is 1.44. The molecule has 0 bridgehead atoms. The lowest BCUT2D eigenvalue weighted by Gasteiger charge is -2.21. The Morgan fingerprint density at radius 3 is 2.89 bits per heavy atom.